The first-order valence-corrected chi connectivity index (χ1v) is 20.7. The van der Waals surface area contributed by atoms with E-state index in [0.717, 1.165) is 46.2 Å². The molecule has 19 heteroatoms. The van der Waals surface area contributed by atoms with Gasteiger partial charge in [0.15, 0.2) is 35.6 Å². The molecule has 2 fully saturated rings. The Morgan fingerprint density at radius 1 is 1.14 bits per heavy atom. The number of carbonyl (C=O) groups excluding carboxylic acids is 3. The maximum Gasteiger partial charge on any atom is 0.350 e. The van der Waals surface area contributed by atoms with Gasteiger partial charge in [-0.1, -0.05) is 48.7 Å². The highest BCUT2D eigenvalue weighted by atomic mass is 32.2. The van der Waals surface area contributed by atoms with E-state index in [4.69, 9.17) is 31.2 Å². The number of amidine groups is 1. The van der Waals surface area contributed by atoms with E-state index in [9.17, 15) is 29.4 Å². The summed E-state index contributed by atoms with van der Waals surface area (Å²) in [6.07, 6.45) is 11.4. The average molecular weight is 845 g/mol. The normalized spacial score (nSPS) is 18.7. The second kappa shape index (κ2) is 18.2. The first kappa shape index (κ1) is 42.5. The molecular weight excluding hydrogens is 801 g/mol. The predicted molar refractivity (Wildman–Crippen MR) is 218 cm³/mol. The molecule has 1 amide bonds. The molecule has 0 radical (unpaired) electrons. The molecule has 1 aliphatic carbocycles. The molecule has 5 heterocycles. The molecule has 4 aromatic rings. The minimum absolute atomic E-state index is 0.0792. The highest BCUT2D eigenvalue weighted by molar-refractivity contribution is 8.00. The fraction of sp³-hybridized carbons (Fsp3) is 0.375. The highest BCUT2D eigenvalue weighted by Crippen LogP contribution is 2.45. The summed E-state index contributed by atoms with van der Waals surface area (Å²) in [5.41, 5.74) is 13.5. The van der Waals surface area contributed by atoms with Crippen LogP contribution in [-0.2, 0) is 41.9 Å². The van der Waals surface area contributed by atoms with Gasteiger partial charge in [-0.3, -0.25) is 24.3 Å². The molecule has 0 spiro atoms. The zero-order chi connectivity index (χ0) is 42.4. The number of benzene rings is 1. The molecule has 1 aromatic carbocycles. The van der Waals surface area contributed by atoms with Crippen molar-refractivity contribution in [3.63, 3.8) is 0 Å². The molecule has 1 saturated heterocycles. The van der Waals surface area contributed by atoms with Crippen molar-refractivity contribution in [1.82, 2.24) is 14.5 Å². The van der Waals surface area contributed by atoms with Gasteiger partial charge in [-0.05, 0) is 38.3 Å². The molecule has 3 aliphatic rings. The molecule has 59 heavy (non-hydrogen) atoms. The van der Waals surface area contributed by atoms with Crippen molar-refractivity contribution in [3.8, 4) is 0 Å². The van der Waals surface area contributed by atoms with Gasteiger partial charge in [-0.25, -0.2) is 14.3 Å². The van der Waals surface area contributed by atoms with Crippen LogP contribution >= 0.6 is 23.1 Å². The molecule has 310 valence electrons. The molecule has 2 aliphatic heterocycles. The van der Waals surface area contributed by atoms with Crippen molar-refractivity contribution < 1.29 is 48.7 Å². The number of β-lactam (4-membered cyclic amide) rings is 1. The van der Waals surface area contributed by atoms with Crippen LogP contribution in [0.4, 0.5) is 5.13 Å². The Hall–Kier alpha value is -6.08. The number of carbonyl (C=O) groups is 5. The number of nitrogen functional groups attached to an aromatic ring is 1. The number of ketones is 1. The smallest absolute Gasteiger partial charge is 0.350 e. The van der Waals surface area contributed by atoms with Crippen molar-refractivity contribution in [2.24, 2.45) is 21.8 Å². The van der Waals surface area contributed by atoms with Crippen molar-refractivity contribution >= 4 is 80.8 Å². The Balaban J connectivity index is 0.00000189. The first-order chi connectivity index (χ1) is 28.2. The van der Waals surface area contributed by atoms with Crippen LogP contribution in [0.5, 0.6) is 0 Å². The van der Waals surface area contributed by atoms with E-state index in [1.807, 2.05) is 47.4 Å². The molecule has 3 aromatic heterocycles. The Bertz CT molecular complexity index is 2350. The number of aromatic nitrogens is 3. The van der Waals surface area contributed by atoms with Gasteiger partial charge in [0.2, 0.25) is 11.5 Å². The quantitative estimate of drug-likeness (QED) is 0.0356. The molecule has 17 nitrogen and oxygen atoms in total. The lowest BCUT2D eigenvalue weighted by Gasteiger charge is -2.50. The number of rotatable bonds is 14. The van der Waals surface area contributed by atoms with Crippen LogP contribution in [0.2, 0.25) is 0 Å². The number of thiazole rings is 1. The number of aliphatic carboxylic acids is 2. The Morgan fingerprint density at radius 3 is 2.49 bits per heavy atom. The van der Waals surface area contributed by atoms with Crippen molar-refractivity contribution in [1.29, 1.82) is 0 Å². The van der Waals surface area contributed by atoms with E-state index in [0.29, 0.717) is 29.7 Å². The number of anilines is 1. The number of oxime groups is 1. The Morgan fingerprint density at radius 2 is 1.85 bits per heavy atom. The summed E-state index contributed by atoms with van der Waals surface area (Å²) in [6, 6.07) is 12.4. The van der Waals surface area contributed by atoms with Crippen LogP contribution in [0.3, 0.4) is 0 Å². The fourth-order valence-corrected chi connectivity index (χ4v) is 9.12. The van der Waals surface area contributed by atoms with Gasteiger partial charge in [0.25, 0.3) is 6.47 Å². The van der Waals surface area contributed by atoms with Crippen LogP contribution < -0.4 is 21.1 Å². The summed E-state index contributed by atoms with van der Waals surface area (Å²) in [7, 11) is 0. The zero-order valence-corrected chi connectivity index (χ0v) is 34.0. The topological polar surface area (TPSA) is 260 Å². The molecular formula is C40H44N8O9S2. The monoisotopic (exact) mass is 844 g/mol. The lowest BCUT2D eigenvalue weighted by Crippen LogP contribution is -2.63. The summed E-state index contributed by atoms with van der Waals surface area (Å²) in [6.45, 7) is 3.14. The number of hydrogen-bond donors (Lipinski definition) is 4. The van der Waals surface area contributed by atoms with E-state index in [1.54, 1.807) is 0 Å². The number of amides is 1. The summed E-state index contributed by atoms with van der Waals surface area (Å²) in [4.78, 5) is 74.7. The number of nitrogens with zero attached hydrogens (tertiary/aromatic N) is 6. The largest absolute Gasteiger partial charge is 0.543 e. The van der Waals surface area contributed by atoms with E-state index < -0.39 is 40.5 Å². The second-order valence-corrected chi connectivity index (χ2v) is 16.8. The maximum absolute atomic E-state index is 13.5. The molecule has 2 atom stereocenters. The molecule has 1 saturated carbocycles. The number of fused-ring (bicyclic) bond motifs is 2. The third-order valence-electron chi connectivity index (χ3n) is 10.3. The van der Waals surface area contributed by atoms with Gasteiger partial charge in [-0.15, -0.1) is 23.1 Å². The maximum atomic E-state index is 13.5. The van der Waals surface area contributed by atoms with Gasteiger partial charge in [0.1, 0.15) is 11.5 Å². The number of carboxylic acid groups (broad SMARTS) is 3. The Kier molecular flexibility index (Phi) is 13.1. The summed E-state index contributed by atoms with van der Waals surface area (Å²) < 4.78 is 4.02. The SMILES string of the molecule is CC(C)(O/N=C(\C(=O)C[C@@H]1C(=O)N2C(C(=O)[O-])=C(C[n+]3ccc4c(ccn4Cc4ccc(C(N)=NC5CCCCC5)cc4)c3)CS[C@H]12)c1csc(N)n1)C(=O)O.O=CO. The van der Waals surface area contributed by atoms with Crippen molar-refractivity contribution in [2.45, 2.75) is 82.5 Å². The van der Waals surface area contributed by atoms with Crippen LogP contribution in [0.15, 0.2) is 81.8 Å². The lowest BCUT2D eigenvalue weighted by atomic mass is 9.89. The molecule has 0 unspecified atom stereocenters. The third kappa shape index (κ3) is 9.63. The Labute approximate surface area is 347 Å². The second-order valence-electron chi connectivity index (χ2n) is 14.8. The number of Topliss-reactive ketones (excluding diaryl/α,β-unsaturated/α-hetero) is 1. The van der Waals surface area contributed by atoms with Gasteiger partial charge >= 0.3 is 5.97 Å². The molecule has 7 rings (SSSR count). The molecule has 0 bridgehead atoms. The van der Waals surface area contributed by atoms with Crippen LogP contribution in [0, 0.1) is 5.92 Å². The fourth-order valence-electron chi connectivity index (χ4n) is 7.17. The zero-order valence-electron chi connectivity index (χ0n) is 32.4. The van der Waals surface area contributed by atoms with Crippen LogP contribution in [0.1, 0.15) is 69.2 Å². The summed E-state index contributed by atoms with van der Waals surface area (Å²) in [5, 5.41) is 34.6. The number of thioether (sulfide) groups is 1. The number of aliphatic imine (C=N–C) groups is 1. The number of pyridine rings is 1. The molecule has 6 N–H and O–H groups in total. The van der Waals surface area contributed by atoms with E-state index >= 15 is 0 Å². The van der Waals surface area contributed by atoms with E-state index in [-0.39, 0.29) is 41.7 Å². The third-order valence-corrected chi connectivity index (χ3v) is 12.4. The average Bonchev–Trinajstić information content (AvgIpc) is 3.82. The highest BCUT2D eigenvalue weighted by Gasteiger charge is 2.53. The number of nitrogens with two attached hydrogens (primary N) is 2. The van der Waals surface area contributed by atoms with Crippen molar-refractivity contribution in [2.75, 3.05) is 11.5 Å². The minimum atomic E-state index is -1.75. The number of hydrogen-bond acceptors (Lipinski definition) is 13. The van der Waals surface area contributed by atoms with Gasteiger partial charge in [0.05, 0.1) is 39.9 Å². The van der Waals surface area contributed by atoms with E-state index in [2.05, 4.69) is 26.8 Å². The van der Waals surface area contributed by atoms with E-state index in [1.165, 1.54) is 55.2 Å². The standard InChI is InChI=1S/C39H42N8O7S2.CH2O2/c1-39(2,37(52)53)54-44-31(28-21-56-38(41)43-28)30(48)16-27-34(49)47-32(36(50)51)25(20-55-35(27)47)19-45-14-13-29-24(18-45)12-15-46(29)17-22-8-10-23(11-9-22)33(40)42-26-6-4-3-5-7-26;2-1-3/h8-15,18,21,26-27,35H,3-7,16-17,19-20H2,1-2H3,(H5-,40,41,42,43,50,51,52,53);1H,(H,2,3)/b44-31-;/t27-,35-;/m1./s1. The first-order valence-electron chi connectivity index (χ1n) is 18.8. The summed E-state index contributed by atoms with van der Waals surface area (Å²) in [5.74, 6) is -3.93. The summed E-state index contributed by atoms with van der Waals surface area (Å²) >= 11 is 2.41. The number of carboxylic acids is 2. The van der Waals surface area contributed by atoms with Crippen LogP contribution in [0.25, 0.3) is 10.9 Å². The van der Waals surface area contributed by atoms with Crippen molar-refractivity contribution in [3.05, 3.63) is 88.5 Å². The van der Waals surface area contributed by atoms with Gasteiger partial charge in [-0.2, -0.15) is 0 Å². The lowest BCUT2D eigenvalue weighted by molar-refractivity contribution is -0.687. The predicted octanol–water partition coefficient (Wildman–Crippen LogP) is 2.53. The van der Waals surface area contributed by atoms with Gasteiger partial charge < -0.3 is 41.0 Å². The van der Waals surface area contributed by atoms with Gasteiger partial charge in [0, 0.05) is 47.5 Å². The minimum Gasteiger partial charge on any atom is -0.543 e. The van der Waals surface area contributed by atoms with Crippen LogP contribution in [-0.4, -0.2) is 89.1 Å².